The zero-order valence-electron chi connectivity index (χ0n) is 23.3. The second-order valence-corrected chi connectivity index (χ2v) is 24.5. The maximum atomic E-state index is 2.96. The fourth-order valence-electron chi connectivity index (χ4n) is 10.2. The summed E-state index contributed by atoms with van der Waals surface area (Å²) in [4.78, 5) is 0. The minimum Gasteiger partial charge on any atom is -0.0820 e. The first-order valence-corrected chi connectivity index (χ1v) is 22.3. The minimum atomic E-state index is -1.18. The van der Waals surface area contributed by atoms with Crippen LogP contribution in [0.1, 0.15) is 84.5 Å². The summed E-state index contributed by atoms with van der Waals surface area (Å²) in [5, 5.41) is 3.68. The first-order valence-electron chi connectivity index (χ1n) is 15.9. The van der Waals surface area contributed by atoms with E-state index in [1.165, 1.54) is 57.8 Å². The summed E-state index contributed by atoms with van der Waals surface area (Å²) in [6, 6.07) is 24.4. The van der Waals surface area contributed by atoms with E-state index in [9.17, 15) is 0 Å². The minimum absolute atomic E-state index is 0.930. The van der Waals surface area contributed by atoms with Crippen molar-refractivity contribution in [2.45, 2.75) is 99.5 Å². The Labute approximate surface area is 243 Å². The summed E-state index contributed by atoms with van der Waals surface area (Å²) in [5.41, 5.74) is 2.06. The molecule has 11 atom stereocenters. The first-order chi connectivity index (χ1) is 18.2. The van der Waals surface area contributed by atoms with Crippen LogP contribution >= 0.6 is 22.6 Å². The highest BCUT2D eigenvalue weighted by Gasteiger charge is 2.56. The van der Waals surface area contributed by atoms with Crippen LogP contribution in [0.2, 0.25) is 11.1 Å². The smallest absolute Gasteiger partial charge is 0.0705 e. The lowest BCUT2D eigenvalue weighted by atomic mass is 9.71. The number of halogens is 1. The number of unbranched alkanes of at least 4 members (excludes halogenated alkanes) is 1. The van der Waals surface area contributed by atoms with Crippen molar-refractivity contribution in [3.8, 4) is 0 Å². The van der Waals surface area contributed by atoms with Gasteiger partial charge in [0.05, 0.1) is 16.6 Å². The van der Waals surface area contributed by atoms with Crippen molar-refractivity contribution in [2.75, 3.05) is 0 Å². The van der Waals surface area contributed by atoms with Gasteiger partial charge in [-0.05, 0) is 65.9 Å². The van der Waals surface area contributed by atoms with Crippen molar-refractivity contribution < 1.29 is 0 Å². The van der Waals surface area contributed by atoms with Crippen molar-refractivity contribution in [2.24, 2.45) is 35.5 Å². The maximum Gasteiger partial charge on any atom is 0.0705 e. The van der Waals surface area contributed by atoms with E-state index in [-0.39, 0.29) is 0 Å². The van der Waals surface area contributed by atoms with Gasteiger partial charge in [-0.1, -0.05) is 159 Å². The number of benzene rings is 2. The molecule has 6 rings (SSSR count). The topological polar surface area (TPSA) is 0 Å². The number of hydrogen-bond donors (Lipinski definition) is 0. The molecule has 0 aromatic heterocycles. The molecule has 0 saturated heterocycles. The zero-order valence-corrected chi connectivity index (χ0v) is 27.7. The van der Waals surface area contributed by atoms with Crippen LogP contribution < -0.4 is 10.4 Å². The molecule has 3 heteroatoms. The second kappa shape index (κ2) is 12.0. The number of hydrogen-bond acceptors (Lipinski definition) is 0. The third kappa shape index (κ3) is 5.36. The van der Waals surface area contributed by atoms with Gasteiger partial charge >= 0.3 is 0 Å². The maximum absolute atomic E-state index is 2.96. The van der Waals surface area contributed by atoms with Crippen molar-refractivity contribution in [3.05, 3.63) is 60.7 Å². The van der Waals surface area contributed by atoms with Crippen LogP contribution in [0.25, 0.3) is 0 Å². The van der Waals surface area contributed by atoms with E-state index in [1.54, 1.807) is 12.8 Å². The standard InChI is InChI=1S/C34H49ISi2/c1-3-4-12-25-19-20-29(22-25)36(27-14-7-5-8-15-27)37(28-16-9-6-10-17-28)34-24(2)21-31-32(34)23-26-13-11-18-30(26)33(31)35/h5-10,14-17,24-26,29-34,36-37H,3-4,11-13,18-23H2,1-2H3. The van der Waals surface area contributed by atoms with Gasteiger partial charge in [0.25, 0.3) is 0 Å². The molecule has 4 saturated carbocycles. The lowest BCUT2D eigenvalue weighted by Gasteiger charge is -2.45. The zero-order chi connectivity index (χ0) is 25.4. The average Bonchev–Trinajstić information content (AvgIpc) is 3.67. The van der Waals surface area contributed by atoms with Crippen molar-refractivity contribution in [3.63, 3.8) is 0 Å². The fourth-order valence-corrected chi connectivity index (χ4v) is 29.3. The molecule has 4 fully saturated rings. The average molecular weight is 641 g/mol. The highest BCUT2D eigenvalue weighted by molar-refractivity contribution is 14.1. The van der Waals surface area contributed by atoms with Crippen LogP contribution in [0, 0.1) is 35.5 Å². The van der Waals surface area contributed by atoms with Gasteiger partial charge in [0.2, 0.25) is 0 Å². The van der Waals surface area contributed by atoms with Gasteiger partial charge < -0.3 is 0 Å². The number of rotatable bonds is 8. The molecule has 37 heavy (non-hydrogen) atoms. The van der Waals surface area contributed by atoms with Gasteiger partial charge in [-0.25, -0.2) is 0 Å². The Hall–Kier alpha value is -0.396. The Morgan fingerprint density at radius 1 is 0.757 bits per heavy atom. The van der Waals surface area contributed by atoms with E-state index in [2.05, 4.69) is 97.1 Å². The van der Waals surface area contributed by atoms with Crippen LogP contribution in [0.5, 0.6) is 0 Å². The molecule has 0 aliphatic heterocycles. The molecular formula is C34H49ISi2. The van der Waals surface area contributed by atoms with Gasteiger partial charge in [0, 0.05) is 3.92 Å². The summed E-state index contributed by atoms with van der Waals surface area (Å²) in [6.07, 6.45) is 16.6. The highest BCUT2D eigenvalue weighted by Crippen LogP contribution is 2.61. The van der Waals surface area contributed by atoms with Crippen LogP contribution in [-0.2, 0) is 0 Å². The molecule has 0 N–H and O–H groups in total. The van der Waals surface area contributed by atoms with E-state index in [1.807, 2.05) is 10.4 Å². The molecule has 11 unspecified atom stereocenters. The summed E-state index contributed by atoms with van der Waals surface area (Å²) < 4.78 is 0.948. The normalized spacial score (nSPS) is 38.7. The van der Waals surface area contributed by atoms with E-state index in [0.29, 0.717) is 0 Å². The monoisotopic (exact) mass is 640 g/mol. The first kappa shape index (κ1) is 26.8. The van der Waals surface area contributed by atoms with Crippen LogP contribution in [-0.4, -0.2) is 20.6 Å². The molecule has 0 nitrogen and oxygen atoms in total. The summed E-state index contributed by atoms with van der Waals surface area (Å²) in [5.74, 6) is 6.05. The molecule has 2 aromatic rings. The van der Waals surface area contributed by atoms with Crippen LogP contribution in [0.3, 0.4) is 0 Å². The number of alkyl halides is 1. The largest absolute Gasteiger partial charge is 0.0820 e. The van der Waals surface area contributed by atoms with Gasteiger partial charge in [-0.2, -0.15) is 0 Å². The Balaban J connectivity index is 1.40. The quantitative estimate of drug-likeness (QED) is 0.156. The molecule has 4 aliphatic rings. The lowest BCUT2D eigenvalue weighted by molar-refractivity contribution is 0.173. The molecule has 2 aromatic carbocycles. The van der Waals surface area contributed by atoms with Crippen molar-refractivity contribution >= 4 is 49.6 Å². The highest BCUT2D eigenvalue weighted by atomic mass is 127. The SMILES string of the molecule is CCCCC1CCC([SiH](c2ccccc2)[SiH](c2ccccc2)C2C(C)CC3C(I)C4CCCC4CC32)C1. The van der Waals surface area contributed by atoms with E-state index < -0.39 is 16.6 Å². The van der Waals surface area contributed by atoms with Crippen molar-refractivity contribution in [1.29, 1.82) is 0 Å². The predicted octanol–water partition coefficient (Wildman–Crippen LogP) is 7.96. The Morgan fingerprint density at radius 3 is 2.16 bits per heavy atom. The fraction of sp³-hybridized carbons (Fsp3) is 0.647. The van der Waals surface area contributed by atoms with Gasteiger partial charge in [-0.3, -0.25) is 0 Å². The van der Waals surface area contributed by atoms with Gasteiger partial charge in [0.1, 0.15) is 0 Å². The lowest BCUT2D eigenvalue weighted by Crippen LogP contribution is -2.59. The van der Waals surface area contributed by atoms with E-state index >= 15 is 0 Å². The summed E-state index contributed by atoms with van der Waals surface area (Å²) in [7, 11) is -2.31. The predicted molar refractivity (Wildman–Crippen MR) is 175 cm³/mol. The van der Waals surface area contributed by atoms with Crippen LogP contribution in [0.15, 0.2) is 60.7 Å². The molecule has 0 bridgehead atoms. The molecule has 0 radical (unpaired) electrons. The third-order valence-corrected chi connectivity index (χ3v) is 27.8. The van der Waals surface area contributed by atoms with E-state index in [0.717, 1.165) is 50.5 Å². The number of fused-ring (bicyclic) bond motifs is 2. The Morgan fingerprint density at radius 2 is 1.46 bits per heavy atom. The summed E-state index contributed by atoms with van der Waals surface area (Å²) in [6.45, 7) is 5.09. The summed E-state index contributed by atoms with van der Waals surface area (Å²) >= 11 is 2.96. The van der Waals surface area contributed by atoms with Gasteiger partial charge in [0.15, 0.2) is 0 Å². The van der Waals surface area contributed by atoms with E-state index in [4.69, 9.17) is 0 Å². The second-order valence-electron chi connectivity index (χ2n) is 13.6. The Kier molecular flexibility index (Phi) is 8.69. The molecule has 200 valence electrons. The van der Waals surface area contributed by atoms with Crippen molar-refractivity contribution in [1.82, 2.24) is 0 Å². The van der Waals surface area contributed by atoms with Crippen LogP contribution in [0.4, 0.5) is 0 Å². The molecule has 0 heterocycles. The molecule has 4 aliphatic carbocycles. The third-order valence-electron chi connectivity index (χ3n) is 11.7. The van der Waals surface area contributed by atoms with Gasteiger partial charge in [-0.15, -0.1) is 0 Å². The Bertz CT molecular complexity index is 995. The molecular weight excluding hydrogens is 591 g/mol. The molecule has 0 spiro atoms. The molecule has 0 amide bonds.